The Balaban J connectivity index is 2.07. The molecule has 0 aliphatic heterocycles. The predicted octanol–water partition coefficient (Wildman–Crippen LogP) is 3.50. The van der Waals surface area contributed by atoms with Gasteiger partial charge in [0.1, 0.15) is 11.9 Å². The van der Waals surface area contributed by atoms with Crippen molar-refractivity contribution in [3.63, 3.8) is 0 Å². The van der Waals surface area contributed by atoms with Gasteiger partial charge >= 0.3 is 0 Å². The van der Waals surface area contributed by atoms with Crippen LogP contribution in [0.15, 0.2) is 40.8 Å². The Morgan fingerprint density at radius 2 is 1.64 bits per heavy atom. The van der Waals surface area contributed by atoms with Crippen LogP contribution in [0.3, 0.4) is 0 Å². The predicted molar refractivity (Wildman–Crippen MR) is 91.1 cm³/mol. The Kier molecular flexibility index (Phi) is 4.43. The van der Waals surface area contributed by atoms with Gasteiger partial charge < -0.3 is 18.6 Å². The van der Waals surface area contributed by atoms with Crippen LogP contribution in [-0.2, 0) is 0 Å². The number of ketones is 1. The van der Waals surface area contributed by atoms with Crippen LogP contribution in [0, 0.1) is 0 Å². The van der Waals surface area contributed by atoms with Crippen molar-refractivity contribution in [2.45, 2.75) is 0 Å². The van der Waals surface area contributed by atoms with Crippen LogP contribution < -0.4 is 14.2 Å². The molecule has 6 heteroatoms. The van der Waals surface area contributed by atoms with Crippen LogP contribution >= 0.6 is 0 Å². The maximum Gasteiger partial charge on any atom is 0.228 e. The minimum absolute atomic E-state index is 0.160. The lowest BCUT2D eigenvalue weighted by Crippen LogP contribution is -2.03. The van der Waals surface area contributed by atoms with Gasteiger partial charge in [-0.15, -0.1) is 0 Å². The molecule has 3 rings (SSSR count). The number of carbonyl (C=O) groups excluding carboxylic acids is 2. The average Bonchev–Trinajstić information content (AvgIpc) is 3.08. The third-order valence-electron chi connectivity index (χ3n) is 3.83. The van der Waals surface area contributed by atoms with Crippen LogP contribution in [0.1, 0.15) is 26.5 Å². The zero-order valence-corrected chi connectivity index (χ0v) is 14.0. The van der Waals surface area contributed by atoms with E-state index in [2.05, 4.69) is 0 Å². The van der Waals surface area contributed by atoms with Crippen molar-refractivity contribution in [2.75, 3.05) is 21.3 Å². The molecule has 1 heterocycles. The van der Waals surface area contributed by atoms with E-state index >= 15 is 0 Å². The first kappa shape index (κ1) is 16.6. The van der Waals surface area contributed by atoms with Crippen molar-refractivity contribution < 1.29 is 28.2 Å². The molecule has 2 aromatic carbocycles. The number of hydrogen-bond donors (Lipinski definition) is 0. The second-order valence-corrected chi connectivity index (χ2v) is 5.27. The van der Waals surface area contributed by atoms with Gasteiger partial charge in [-0.25, -0.2) is 0 Å². The molecule has 0 aliphatic rings. The Hall–Kier alpha value is -3.28. The second kappa shape index (κ2) is 6.68. The number of ether oxygens (including phenoxy) is 3. The van der Waals surface area contributed by atoms with Gasteiger partial charge in [0.2, 0.25) is 11.5 Å². The Morgan fingerprint density at radius 3 is 2.20 bits per heavy atom. The molecule has 6 nitrogen and oxygen atoms in total. The summed E-state index contributed by atoms with van der Waals surface area (Å²) in [5, 5.41) is 0.681. The Morgan fingerprint density at radius 1 is 0.960 bits per heavy atom. The zero-order valence-electron chi connectivity index (χ0n) is 14.0. The van der Waals surface area contributed by atoms with E-state index in [0.29, 0.717) is 39.3 Å². The van der Waals surface area contributed by atoms with Crippen LogP contribution in [0.5, 0.6) is 17.2 Å². The van der Waals surface area contributed by atoms with Gasteiger partial charge in [-0.2, -0.15) is 0 Å². The fraction of sp³-hybridized carbons (Fsp3) is 0.158. The number of hydrogen-bond acceptors (Lipinski definition) is 6. The molecule has 0 bridgehead atoms. The first-order chi connectivity index (χ1) is 12.1. The molecule has 0 spiro atoms. The van der Waals surface area contributed by atoms with Crippen molar-refractivity contribution in [1.29, 1.82) is 0 Å². The fourth-order valence-corrected chi connectivity index (χ4v) is 2.60. The van der Waals surface area contributed by atoms with Gasteiger partial charge in [0.25, 0.3) is 0 Å². The third kappa shape index (κ3) is 2.94. The van der Waals surface area contributed by atoms with Gasteiger partial charge in [0, 0.05) is 16.5 Å². The molecule has 0 N–H and O–H groups in total. The highest BCUT2D eigenvalue weighted by Crippen LogP contribution is 2.39. The molecule has 0 aliphatic carbocycles. The summed E-state index contributed by atoms with van der Waals surface area (Å²) in [6, 6.07) is 9.69. The molecule has 1 aromatic heterocycles. The largest absolute Gasteiger partial charge is 0.493 e. The molecule has 0 radical (unpaired) electrons. The topological polar surface area (TPSA) is 75.0 Å². The maximum atomic E-state index is 12.8. The molecule has 0 fully saturated rings. The van der Waals surface area contributed by atoms with E-state index in [9.17, 15) is 9.59 Å². The first-order valence-electron chi connectivity index (χ1n) is 7.44. The number of rotatable bonds is 6. The van der Waals surface area contributed by atoms with E-state index in [1.165, 1.54) is 21.3 Å². The summed E-state index contributed by atoms with van der Waals surface area (Å²) < 4.78 is 21.4. The second-order valence-electron chi connectivity index (χ2n) is 5.27. The van der Waals surface area contributed by atoms with Crippen LogP contribution in [0.2, 0.25) is 0 Å². The summed E-state index contributed by atoms with van der Waals surface area (Å²) >= 11 is 0. The van der Waals surface area contributed by atoms with Crippen molar-refractivity contribution in [1.82, 2.24) is 0 Å². The van der Waals surface area contributed by atoms with E-state index in [1.54, 1.807) is 36.4 Å². The highest BCUT2D eigenvalue weighted by Gasteiger charge is 2.20. The Labute approximate surface area is 143 Å². The van der Waals surface area contributed by atoms with Crippen LogP contribution in [0.4, 0.5) is 0 Å². The maximum absolute atomic E-state index is 12.8. The van der Waals surface area contributed by atoms with E-state index in [-0.39, 0.29) is 11.5 Å². The van der Waals surface area contributed by atoms with E-state index in [0.717, 1.165) is 6.29 Å². The normalized spacial score (nSPS) is 10.5. The smallest absolute Gasteiger partial charge is 0.228 e. The third-order valence-corrected chi connectivity index (χ3v) is 3.83. The summed E-state index contributed by atoms with van der Waals surface area (Å²) in [6.07, 6.45) is 0.743. The SMILES string of the molecule is COc1cc(C(=O)c2cc3cc(C=O)ccc3o2)cc(OC)c1OC. The number of carbonyl (C=O) groups is 2. The minimum atomic E-state index is -0.330. The van der Waals surface area contributed by atoms with Crippen molar-refractivity contribution >= 4 is 23.0 Å². The quantitative estimate of drug-likeness (QED) is 0.505. The molecule has 0 unspecified atom stereocenters. The fourth-order valence-electron chi connectivity index (χ4n) is 2.60. The van der Waals surface area contributed by atoms with Crippen LogP contribution in [-0.4, -0.2) is 33.4 Å². The van der Waals surface area contributed by atoms with Gasteiger partial charge in [-0.05, 0) is 36.4 Å². The molecule has 25 heavy (non-hydrogen) atoms. The van der Waals surface area contributed by atoms with Crippen LogP contribution in [0.25, 0.3) is 11.0 Å². The standard InChI is InChI=1S/C19H16O6/c1-22-16-8-13(9-17(23-2)19(16)24-3)18(21)15-7-12-6-11(10-20)4-5-14(12)25-15/h4-10H,1-3H3. The van der Waals surface area contributed by atoms with E-state index < -0.39 is 0 Å². The zero-order chi connectivity index (χ0) is 18.0. The van der Waals surface area contributed by atoms with Crippen molar-refractivity contribution in [3.05, 3.63) is 53.3 Å². The summed E-state index contributed by atoms with van der Waals surface area (Å²) in [4.78, 5) is 23.7. The lowest BCUT2D eigenvalue weighted by atomic mass is 10.1. The number of aldehydes is 1. The van der Waals surface area contributed by atoms with Crippen molar-refractivity contribution in [2.24, 2.45) is 0 Å². The molecular formula is C19H16O6. The molecule has 0 saturated heterocycles. The summed E-state index contributed by atoms with van der Waals surface area (Å²) in [6.45, 7) is 0. The van der Waals surface area contributed by atoms with Gasteiger partial charge in [-0.1, -0.05) is 0 Å². The molecule has 0 amide bonds. The molecule has 128 valence electrons. The first-order valence-corrected chi connectivity index (χ1v) is 7.44. The number of furan rings is 1. The number of methoxy groups -OCH3 is 3. The highest BCUT2D eigenvalue weighted by atomic mass is 16.5. The molecule has 3 aromatic rings. The monoisotopic (exact) mass is 340 g/mol. The van der Waals surface area contributed by atoms with Gasteiger partial charge in [0.05, 0.1) is 21.3 Å². The molecule has 0 atom stereocenters. The number of fused-ring (bicyclic) bond motifs is 1. The summed E-state index contributed by atoms with van der Waals surface area (Å²) in [5.41, 5.74) is 1.38. The van der Waals surface area contributed by atoms with Gasteiger partial charge in [-0.3, -0.25) is 9.59 Å². The van der Waals surface area contributed by atoms with E-state index in [1.807, 2.05) is 0 Å². The lowest BCUT2D eigenvalue weighted by Gasteiger charge is -2.13. The number of benzene rings is 2. The van der Waals surface area contributed by atoms with E-state index in [4.69, 9.17) is 18.6 Å². The average molecular weight is 340 g/mol. The highest BCUT2D eigenvalue weighted by molar-refractivity contribution is 6.09. The Bertz CT molecular complexity index is 929. The summed E-state index contributed by atoms with van der Waals surface area (Å²) in [5.74, 6) is 0.992. The molecule has 0 saturated carbocycles. The lowest BCUT2D eigenvalue weighted by molar-refractivity contribution is 0.101. The summed E-state index contributed by atoms with van der Waals surface area (Å²) in [7, 11) is 4.45. The molecular weight excluding hydrogens is 324 g/mol. The van der Waals surface area contributed by atoms with Gasteiger partial charge in [0.15, 0.2) is 17.3 Å². The van der Waals surface area contributed by atoms with Crippen molar-refractivity contribution in [3.8, 4) is 17.2 Å². The minimum Gasteiger partial charge on any atom is -0.493 e.